The summed E-state index contributed by atoms with van der Waals surface area (Å²) in [6.45, 7) is 0.335. The summed E-state index contributed by atoms with van der Waals surface area (Å²) in [7, 11) is 1.77. The Bertz CT molecular complexity index is 1160. The topological polar surface area (TPSA) is 88.9 Å². The number of hydrogen-bond donors (Lipinski definition) is 2. The minimum atomic E-state index is -0.557. The molecular weight excluding hydrogens is 500 g/mol. The first-order valence-electron chi connectivity index (χ1n) is 9.24. The fourth-order valence-corrected chi connectivity index (χ4v) is 3.83. The molecule has 2 amide bonds. The molecule has 0 spiro atoms. The highest BCUT2D eigenvalue weighted by Gasteiger charge is 2.13. The van der Waals surface area contributed by atoms with Crippen molar-refractivity contribution in [2.45, 2.75) is 11.6 Å². The fourth-order valence-electron chi connectivity index (χ4n) is 2.62. The number of anilines is 1. The molecule has 0 atom stereocenters. The van der Waals surface area contributed by atoms with Gasteiger partial charge in [-0.1, -0.05) is 46.6 Å². The molecule has 0 fully saturated rings. The predicted molar refractivity (Wildman–Crippen MR) is 124 cm³/mol. The minimum absolute atomic E-state index is 0.0698. The van der Waals surface area contributed by atoms with Crippen LogP contribution in [0.5, 0.6) is 0 Å². The summed E-state index contributed by atoms with van der Waals surface area (Å²) in [5.41, 5.74) is 0.806. The van der Waals surface area contributed by atoms with Gasteiger partial charge < -0.3 is 15.2 Å². The van der Waals surface area contributed by atoms with Crippen molar-refractivity contribution in [1.29, 1.82) is 0 Å². The lowest BCUT2D eigenvalue weighted by Gasteiger charge is -2.07. The summed E-state index contributed by atoms with van der Waals surface area (Å²) in [6, 6.07) is 8.60. The smallest absolute Gasteiger partial charge is 0.251 e. The van der Waals surface area contributed by atoms with Crippen molar-refractivity contribution < 1.29 is 14.0 Å². The molecule has 0 saturated carbocycles. The molecule has 0 aliphatic heterocycles. The molecule has 3 aromatic rings. The van der Waals surface area contributed by atoms with E-state index in [-0.39, 0.29) is 22.6 Å². The largest absolute Gasteiger partial charge is 0.352 e. The number of carbonyl (C=O) groups excluding carboxylic acids is 2. The van der Waals surface area contributed by atoms with Gasteiger partial charge in [0.05, 0.1) is 20.8 Å². The summed E-state index contributed by atoms with van der Waals surface area (Å²) in [4.78, 5) is 24.4. The lowest BCUT2D eigenvalue weighted by atomic mass is 10.2. The number of nitrogens with one attached hydrogen (secondary N) is 2. The number of benzene rings is 2. The third-order valence-electron chi connectivity index (χ3n) is 4.28. The Labute approximate surface area is 202 Å². The Balaban J connectivity index is 1.48. The van der Waals surface area contributed by atoms with Crippen molar-refractivity contribution in [2.24, 2.45) is 7.05 Å². The first-order valence-corrected chi connectivity index (χ1v) is 11.4. The number of nitrogens with zero attached hydrogens (tertiary/aromatic N) is 3. The summed E-state index contributed by atoms with van der Waals surface area (Å²) in [6.07, 6.45) is 0.442. The van der Waals surface area contributed by atoms with Gasteiger partial charge in [-0.3, -0.25) is 9.59 Å². The molecule has 1 heterocycles. The van der Waals surface area contributed by atoms with Gasteiger partial charge in [-0.2, -0.15) is 0 Å². The van der Waals surface area contributed by atoms with Crippen LogP contribution >= 0.6 is 46.6 Å². The zero-order valence-electron chi connectivity index (χ0n) is 16.7. The first-order chi connectivity index (χ1) is 15.2. The second kappa shape index (κ2) is 11.0. The van der Waals surface area contributed by atoms with Gasteiger partial charge >= 0.3 is 0 Å². The molecule has 0 radical (unpaired) electrons. The van der Waals surface area contributed by atoms with E-state index in [2.05, 4.69) is 20.8 Å². The van der Waals surface area contributed by atoms with Crippen LogP contribution in [0.3, 0.4) is 0 Å². The second-order valence-corrected chi connectivity index (χ2v) is 8.72. The maximum Gasteiger partial charge on any atom is 0.251 e. The highest BCUT2D eigenvalue weighted by Crippen LogP contribution is 2.23. The van der Waals surface area contributed by atoms with Crippen molar-refractivity contribution in [2.75, 3.05) is 17.6 Å². The van der Waals surface area contributed by atoms with Crippen LogP contribution in [0, 0.1) is 5.82 Å². The van der Waals surface area contributed by atoms with Gasteiger partial charge in [0.15, 0.2) is 5.16 Å². The Morgan fingerprint density at radius 1 is 1.06 bits per heavy atom. The number of hydrogen-bond acceptors (Lipinski definition) is 5. The van der Waals surface area contributed by atoms with Crippen LogP contribution in [-0.4, -0.2) is 38.9 Å². The second-order valence-electron chi connectivity index (χ2n) is 6.56. The molecule has 7 nitrogen and oxygen atoms in total. The molecule has 0 aliphatic carbocycles. The lowest BCUT2D eigenvalue weighted by molar-refractivity contribution is -0.113. The van der Waals surface area contributed by atoms with E-state index in [1.54, 1.807) is 23.7 Å². The quantitative estimate of drug-likeness (QED) is 0.427. The molecule has 2 N–H and O–H groups in total. The first kappa shape index (κ1) is 24.3. The molecule has 32 heavy (non-hydrogen) atoms. The van der Waals surface area contributed by atoms with Gasteiger partial charge in [0.2, 0.25) is 5.91 Å². The van der Waals surface area contributed by atoms with E-state index in [0.717, 1.165) is 0 Å². The van der Waals surface area contributed by atoms with Crippen molar-refractivity contribution >= 4 is 64.1 Å². The zero-order chi connectivity index (χ0) is 23.3. The fraction of sp³-hybridized carbons (Fsp3) is 0.200. The van der Waals surface area contributed by atoms with Crippen LogP contribution < -0.4 is 10.6 Å². The lowest BCUT2D eigenvalue weighted by Crippen LogP contribution is -2.26. The van der Waals surface area contributed by atoms with Crippen molar-refractivity contribution in [1.82, 2.24) is 20.1 Å². The Morgan fingerprint density at radius 3 is 2.56 bits per heavy atom. The van der Waals surface area contributed by atoms with Crippen LogP contribution in [0.1, 0.15) is 16.2 Å². The molecule has 168 valence electrons. The van der Waals surface area contributed by atoms with E-state index in [0.29, 0.717) is 45.2 Å². The number of rotatable bonds is 8. The van der Waals surface area contributed by atoms with Gasteiger partial charge in [-0.15, -0.1) is 10.2 Å². The van der Waals surface area contributed by atoms with Crippen molar-refractivity contribution in [3.8, 4) is 0 Å². The maximum absolute atomic E-state index is 13.2. The monoisotopic (exact) mass is 515 g/mol. The zero-order valence-corrected chi connectivity index (χ0v) is 19.7. The van der Waals surface area contributed by atoms with E-state index >= 15 is 0 Å². The van der Waals surface area contributed by atoms with Gasteiger partial charge in [0, 0.05) is 31.3 Å². The molecule has 0 saturated heterocycles. The predicted octanol–water partition coefficient (Wildman–Crippen LogP) is 4.62. The normalized spacial score (nSPS) is 10.8. The third-order valence-corrected chi connectivity index (χ3v) is 6.33. The molecule has 0 bridgehead atoms. The third kappa shape index (κ3) is 6.35. The van der Waals surface area contributed by atoms with E-state index in [1.165, 1.54) is 36.0 Å². The van der Waals surface area contributed by atoms with Crippen LogP contribution in [0.25, 0.3) is 0 Å². The minimum Gasteiger partial charge on any atom is -0.352 e. The number of halogens is 4. The van der Waals surface area contributed by atoms with Gasteiger partial charge in [-0.25, -0.2) is 4.39 Å². The number of amides is 2. The van der Waals surface area contributed by atoms with E-state index in [9.17, 15) is 14.0 Å². The van der Waals surface area contributed by atoms with Crippen LogP contribution in [0.2, 0.25) is 15.1 Å². The van der Waals surface area contributed by atoms with Crippen molar-refractivity contribution in [3.05, 3.63) is 68.7 Å². The standard InChI is InChI=1S/C20H17Cl3FN5O2S/c1-29-17(6-7-25-19(31)11-2-4-13(21)14(22)8-11)27-28-20(29)32-10-18(30)26-12-3-5-16(24)15(23)9-12/h2-5,8-9H,6-7,10H2,1H3,(H,25,31)(H,26,30). The molecule has 0 unspecified atom stereocenters. The van der Waals surface area contributed by atoms with Crippen molar-refractivity contribution in [3.63, 3.8) is 0 Å². The van der Waals surface area contributed by atoms with Gasteiger partial charge in [0.25, 0.3) is 5.91 Å². The van der Waals surface area contributed by atoms with E-state index in [4.69, 9.17) is 34.8 Å². The Morgan fingerprint density at radius 2 is 1.84 bits per heavy atom. The maximum atomic E-state index is 13.2. The summed E-state index contributed by atoms with van der Waals surface area (Å²) >= 11 is 18.7. The molecule has 1 aromatic heterocycles. The van der Waals surface area contributed by atoms with Crippen LogP contribution in [-0.2, 0) is 18.3 Å². The highest BCUT2D eigenvalue weighted by atomic mass is 35.5. The van der Waals surface area contributed by atoms with E-state index in [1.807, 2.05) is 0 Å². The number of aromatic nitrogens is 3. The average molecular weight is 517 g/mol. The molecule has 12 heteroatoms. The SMILES string of the molecule is Cn1c(CCNC(=O)c2ccc(Cl)c(Cl)c2)nnc1SCC(=O)Nc1ccc(F)c(Cl)c1. The van der Waals surface area contributed by atoms with Crippen LogP contribution in [0.4, 0.5) is 10.1 Å². The highest BCUT2D eigenvalue weighted by molar-refractivity contribution is 7.99. The van der Waals surface area contributed by atoms with E-state index < -0.39 is 5.82 Å². The summed E-state index contributed by atoms with van der Waals surface area (Å²) < 4.78 is 14.9. The molecule has 2 aromatic carbocycles. The summed E-state index contributed by atoms with van der Waals surface area (Å²) in [5, 5.41) is 14.8. The van der Waals surface area contributed by atoms with Crippen LogP contribution in [0.15, 0.2) is 41.6 Å². The molecular formula is C20H17Cl3FN5O2S. The number of carbonyl (C=O) groups is 2. The van der Waals surface area contributed by atoms with Gasteiger partial charge in [0.1, 0.15) is 11.6 Å². The average Bonchev–Trinajstić information content (AvgIpc) is 3.10. The Kier molecular flexibility index (Phi) is 8.36. The molecule has 0 aliphatic rings. The van der Waals surface area contributed by atoms with Gasteiger partial charge in [-0.05, 0) is 36.4 Å². The summed E-state index contributed by atoms with van der Waals surface area (Å²) in [5.74, 6) is -0.407. The molecule has 3 rings (SSSR count). The number of thioether (sulfide) groups is 1. The Hall–Kier alpha value is -2.33.